The molecule has 1 aromatic heterocycles. The molecule has 0 radical (unpaired) electrons. The predicted molar refractivity (Wildman–Crippen MR) is 184 cm³/mol. The van der Waals surface area contributed by atoms with E-state index in [1.54, 1.807) is 13.8 Å². The molecule has 5 aromatic carbocycles. The molecule has 0 aliphatic heterocycles. The first-order valence-corrected chi connectivity index (χ1v) is 15.1. The molecule has 0 aliphatic rings. The average Bonchev–Trinajstić information content (AvgIpc) is 3.04. The molecule has 0 aliphatic carbocycles. The maximum absolute atomic E-state index is 10.5. The van der Waals surface area contributed by atoms with Gasteiger partial charge in [0.15, 0.2) is 5.82 Å². The van der Waals surface area contributed by atoms with Crippen LogP contribution in [0.3, 0.4) is 0 Å². The first-order valence-electron chi connectivity index (χ1n) is 15.1. The highest BCUT2D eigenvalue weighted by molar-refractivity contribution is 6.66. The SMILES string of the molecule is CB(OC(C)(C)C(C)(C)O)c1ccc(-c2nc(-c3cccc(-c4cccc(-c5ccccc5)c4)c3)c3ccccc3n2)cc1. The number of aliphatic hydroxyl groups is 1. The fourth-order valence-electron chi connectivity index (χ4n) is 5.34. The summed E-state index contributed by atoms with van der Waals surface area (Å²) < 4.78 is 6.27. The van der Waals surface area contributed by atoms with Gasteiger partial charge in [-0.1, -0.05) is 116 Å². The van der Waals surface area contributed by atoms with Gasteiger partial charge in [0.2, 0.25) is 0 Å². The molecule has 1 heterocycles. The summed E-state index contributed by atoms with van der Waals surface area (Å²) in [5, 5.41) is 11.6. The van der Waals surface area contributed by atoms with Crippen molar-refractivity contribution in [1.29, 1.82) is 0 Å². The van der Waals surface area contributed by atoms with Crippen LogP contribution in [0.4, 0.5) is 0 Å². The standard InChI is InChI=1S/C39H37BN2O2/c1-38(2,43)39(3,4)44-40(5)33-23-21-28(22-24-33)37-41-35-20-10-9-19-34(35)36(42-37)32-18-12-17-31(26-32)30-16-11-15-29(25-30)27-13-7-6-8-14-27/h6-26,43H,1-5H3. The highest BCUT2D eigenvalue weighted by Gasteiger charge is 2.38. The molecular formula is C39H37BN2O2. The lowest BCUT2D eigenvalue weighted by Gasteiger charge is -2.39. The van der Waals surface area contributed by atoms with Crippen LogP contribution in [0.25, 0.3) is 55.8 Å². The molecule has 0 saturated heterocycles. The van der Waals surface area contributed by atoms with Crippen LogP contribution < -0.4 is 5.46 Å². The molecule has 4 nitrogen and oxygen atoms in total. The second-order valence-corrected chi connectivity index (χ2v) is 12.4. The number of para-hydroxylation sites is 1. The smallest absolute Gasteiger partial charge is 0.324 e. The van der Waals surface area contributed by atoms with E-state index in [0.29, 0.717) is 5.82 Å². The van der Waals surface area contributed by atoms with Crippen LogP contribution in [0.1, 0.15) is 27.7 Å². The topological polar surface area (TPSA) is 55.2 Å². The van der Waals surface area contributed by atoms with E-state index in [2.05, 4.69) is 91.0 Å². The molecule has 218 valence electrons. The van der Waals surface area contributed by atoms with Crippen molar-refractivity contribution in [3.05, 3.63) is 127 Å². The van der Waals surface area contributed by atoms with Crippen LogP contribution in [0.2, 0.25) is 6.82 Å². The van der Waals surface area contributed by atoms with E-state index in [0.717, 1.165) is 44.3 Å². The highest BCUT2D eigenvalue weighted by atomic mass is 16.5. The van der Waals surface area contributed by atoms with E-state index < -0.39 is 11.2 Å². The van der Waals surface area contributed by atoms with Crippen molar-refractivity contribution >= 4 is 23.3 Å². The Morgan fingerprint density at radius 1 is 0.568 bits per heavy atom. The summed E-state index contributed by atoms with van der Waals surface area (Å²) in [7, 11) is 0. The molecule has 0 fully saturated rings. The first kappa shape index (κ1) is 29.5. The molecule has 0 atom stereocenters. The summed E-state index contributed by atoms with van der Waals surface area (Å²) in [5.74, 6) is 0.673. The van der Waals surface area contributed by atoms with Gasteiger partial charge in [-0.25, -0.2) is 9.97 Å². The second-order valence-electron chi connectivity index (χ2n) is 12.4. The predicted octanol–water partition coefficient (Wildman–Crippen LogP) is 8.69. The lowest BCUT2D eigenvalue weighted by molar-refractivity contribution is -0.0918. The van der Waals surface area contributed by atoms with Gasteiger partial charge in [0.1, 0.15) is 0 Å². The van der Waals surface area contributed by atoms with Crippen LogP contribution in [0.15, 0.2) is 127 Å². The molecule has 44 heavy (non-hydrogen) atoms. The Kier molecular flexibility index (Phi) is 7.94. The largest absolute Gasteiger partial charge is 0.423 e. The van der Waals surface area contributed by atoms with Gasteiger partial charge < -0.3 is 9.76 Å². The Hall–Kier alpha value is -4.58. The molecule has 0 saturated carbocycles. The van der Waals surface area contributed by atoms with Crippen LogP contribution in [-0.2, 0) is 4.65 Å². The Bertz CT molecular complexity index is 1910. The third kappa shape index (κ3) is 6.07. The van der Waals surface area contributed by atoms with Crippen molar-refractivity contribution in [1.82, 2.24) is 9.97 Å². The first-order chi connectivity index (χ1) is 21.1. The fraction of sp³-hybridized carbons (Fsp3) is 0.179. The van der Waals surface area contributed by atoms with Gasteiger partial charge in [-0.15, -0.1) is 0 Å². The Morgan fingerprint density at radius 3 is 1.77 bits per heavy atom. The summed E-state index contributed by atoms with van der Waals surface area (Å²) in [6.07, 6.45) is 0. The molecule has 0 amide bonds. The van der Waals surface area contributed by atoms with Crippen LogP contribution >= 0.6 is 0 Å². The van der Waals surface area contributed by atoms with Crippen molar-refractivity contribution in [2.75, 3.05) is 0 Å². The summed E-state index contributed by atoms with van der Waals surface area (Å²) in [4.78, 5) is 10.1. The summed E-state index contributed by atoms with van der Waals surface area (Å²) >= 11 is 0. The van der Waals surface area contributed by atoms with E-state index in [-0.39, 0.29) is 6.92 Å². The number of hydrogen-bond acceptors (Lipinski definition) is 4. The van der Waals surface area contributed by atoms with Gasteiger partial charge in [-0.3, -0.25) is 0 Å². The number of fused-ring (bicyclic) bond motifs is 1. The zero-order valence-electron chi connectivity index (χ0n) is 26.0. The monoisotopic (exact) mass is 576 g/mol. The molecule has 6 aromatic rings. The summed E-state index contributed by atoms with van der Waals surface area (Å²) in [5.41, 5.74) is 7.80. The zero-order chi connectivity index (χ0) is 30.9. The van der Waals surface area contributed by atoms with Gasteiger partial charge in [0, 0.05) is 16.5 Å². The molecule has 0 spiro atoms. The van der Waals surface area contributed by atoms with Gasteiger partial charge in [0.25, 0.3) is 0 Å². The number of nitrogens with zero attached hydrogens (tertiary/aromatic N) is 2. The Morgan fingerprint density at radius 2 is 1.11 bits per heavy atom. The quantitative estimate of drug-likeness (QED) is 0.184. The average molecular weight is 577 g/mol. The fourth-order valence-corrected chi connectivity index (χ4v) is 5.34. The second kappa shape index (κ2) is 11.8. The number of rotatable bonds is 8. The normalized spacial score (nSPS) is 12.0. The van der Waals surface area contributed by atoms with E-state index in [9.17, 15) is 5.11 Å². The van der Waals surface area contributed by atoms with Crippen LogP contribution in [-0.4, -0.2) is 33.2 Å². The summed E-state index contributed by atoms with van der Waals surface area (Å²) in [6, 6.07) is 44.1. The number of aromatic nitrogens is 2. The number of benzene rings is 5. The summed E-state index contributed by atoms with van der Waals surface area (Å²) in [6.45, 7) is 9.19. The molecule has 1 N–H and O–H groups in total. The van der Waals surface area contributed by atoms with Crippen LogP contribution in [0.5, 0.6) is 0 Å². The van der Waals surface area contributed by atoms with Crippen LogP contribution in [0, 0.1) is 0 Å². The van der Waals surface area contributed by atoms with Crippen molar-refractivity contribution in [2.45, 2.75) is 45.7 Å². The van der Waals surface area contributed by atoms with Gasteiger partial charge in [-0.05, 0) is 73.6 Å². The molecule has 5 heteroatoms. The van der Waals surface area contributed by atoms with E-state index in [1.807, 2.05) is 57.1 Å². The third-order valence-corrected chi connectivity index (χ3v) is 8.63. The van der Waals surface area contributed by atoms with Gasteiger partial charge >= 0.3 is 6.92 Å². The van der Waals surface area contributed by atoms with Crippen molar-refractivity contribution in [3.8, 4) is 44.9 Å². The maximum Gasteiger partial charge on any atom is 0.324 e. The molecular weight excluding hydrogens is 539 g/mol. The Labute approximate surface area is 260 Å². The Balaban J connectivity index is 1.35. The number of hydrogen-bond donors (Lipinski definition) is 1. The van der Waals surface area contributed by atoms with E-state index in [1.165, 1.54) is 11.1 Å². The van der Waals surface area contributed by atoms with Crippen molar-refractivity contribution < 1.29 is 9.76 Å². The van der Waals surface area contributed by atoms with Crippen molar-refractivity contribution in [3.63, 3.8) is 0 Å². The molecule has 0 bridgehead atoms. The minimum absolute atomic E-state index is 0.193. The van der Waals surface area contributed by atoms with Crippen molar-refractivity contribution in [2.24, 2.45) is 0 Å². The zero-order valence-corrected chi connectivity index (χ0v) is 26.0. The van der Waals surface area contributed by atoms with Gasteiger partial charge in [0.05, 0.1) is 22.4 Å². The maximum atomic E-state index is 10.5. The molecule has 0 unspecified atom stereocenters. The van der Waals surface area contributed by atoms with E-state index in [4.69, 9.17) is 14.6 Å². The molecule has 6 rings (SSSR count). The van der Waals surface area contributed by atoms with Gasteiger partial charge in [-0.2, -0.15) is 0 Å². The minimum atomic E-state index is -0.974. The third-order valence-electron chi connectivity index (χ3n) is 8.63. The van der Waals surface area contributed by atoms with E-state index >= 15 is 0 Å². The highest BCUT2D eigenvalue weighted by Crippen LogP contribution is 2.33. The minimum Gasteiger partial charge on any atom is -0.423 e. The lowest BCUT2D eigenvalue weighted by Crippen LogP contribution is -2.52. The lowest BCUT2D eigenvalue weighted by atomic mass is 9.62.